The third kappa shape index (κ3) is 4.39. The molecular formula is C31H34N4O9. The summed E-state index contributed by atoms with van der Waals surface area (Å²) >= 11 is 0. The molecule has 2 amide bonds. The first-order valence-electron chi connectivity index (χ1n) is 13.9. The maximum Gasteiger partial charge on any atom is 0.255 e. The number of phenolic OH excluding ortho intramolecular Hbond substituents is 1. The maximum absolute atomic E-state index is 14.1. The number of likely N-dealkylation sites (N-methyl/N-ethyl adjacent to an activating group) is 1. The number of Topliss-reactive ketones (excluding diaryl/α,β-unsaturated/α-hetero) is 2. The van der Waals surface area contributed by atoms with Crippen molar-refractivity contribution >= 4 is 34.8 Å². The molecule has 4 unspecified atom stereocenters. The van der Waals surface area contributed by atoms with Crippen LogP contribution in [0.25, 0.3) is 5.76 Å². The van der Waals surface area contributed by atoms with Crippen LogP contribution in [0.4, 0.5) is 5.69 Å². The number of phenols is 1. The number of nitrogens with one attached hydrogen (secondary N) is 1. The van der Waals surface area contributed by atoms with Gasteiger partial charge >= 0.3 is 0 Å². The van der Waals surface area contributed by atoms with Crippen LogP contribution >= 0.6 is 0 Å². The van der Waals surface area contributed by atoms with Gasteiger partial charge in [-0.2, -0.15) is 0 Å². The number of nitrogens with zero attached hydrogens (tertiary/aromatic N) is 1. The van der Waals surface area contributed by atoms with Crippen LogP contribution in [0.15, 0.2) is 59.4 Å². The number of fused-ring (bicyclic) bond motifs is 3. The number of primary amides is 1. The Labute approximate surface area is 252 Å². The summed E-state index contributed by atoms with van der Waals surface area (Å²) in [6, 6.07) is 9.51. The van der Waals surface area contributed by atoms with Crippen LogP contribution in [-0.4, -0.2) is 91.7 Å². The van der Waals surface area contributed by atoms with E-state index in [4.69, 9.17) is 11.5 Å². The van der Waals surface area contributed by atoms with Crippen molar-refractivity contribution in [2.75, 3.05) is 19.4 Å². The van der Waals surface area contributed by atoms with Crippen LogP contribution in [0.5, 0.6) is 5.75 Å². The van der Waals surface area contributed by atoms with Gasteiger partial charge in [-0.1, -0.05) is 43.3 Å². The highest BCUT2D eigenvalue weighted by Gasteiger charge is 2.68. The topological polar surface area (TPSA) is 237 Å². The fourth-order valence-corrected chi connectivity index (χ4v) is 6.90. The van der Waals surface area contributed by atoms with E-state index in [1.807, 2.05) is 18.2 Å². The minimum Gasteiger partial charge on any atom is -0.508 e. The predicted octanol–water partition coefficient (Wildman–Crippen LogP) is 0.00430. The average molecular weight is 607 g/mol. The minimum absolute atomic E-state index is 0.120. The first-order valence-corrected chi connectivity index (χ1v) is 13.9. The summed E-state index contributed by atoms with van der Waals surface area (Å²) in [6.07, 6.45) is -1.50. The first kappa shape index (κ1) is 30.9. The van der Waals surface area contributed by atoms with Crippen LogP contribution in [0.1, 0.15) is 29.5 Å². The number of amides is 2. The molecule has 0 heterocycles. The number of ketones is 2. The van der Waals surface area contributed by atoms with Crippen LogP contribution in [0, 0.1) is 11.8 Å². The lowest BCUT2D eigenvalue weighted by Crippen LogP contribution is -2.70. The summed E-state index contributed by atoms with van der Waals surface area (Å²) in [5, 5.41) is 59.7. The Hall–Kier alpha value is -4.56. The van der Waals surface area contributed by atoms with E-state index in [1.165, 1.54) is 31.1 Å². The highest BCUT2D eigenvalue weighted by Crippen LogP contribution is 2.56. The maximum atomic E-state index is 14.1. The van der Waals surface area contributed by atoms with Gasteiger partial charge in [0.15, 0.2) is 11.4 Å². The summed E-state index contributed by atoms with van der Waals surface area (Å²) in [4.78, 5) is 53.7. The highest BCUT2D eigenvalue weighted by molar-refractivity contribution is 6.24. The second-order valence-electron chi connectivity index (χ2n) is 11.8. The van der Waals surface area contributed by atoms with Crippen molar-refractivity contribution in [2.24, 2.45) is 23.3 Å². The zero-order valence-electron chi connectivity index (χ0n) is 24.2. The van der Waals surface area contributed by atoms with Crippen LogP contribution in [0.2, 0.25) is 0 Å². The lowest BCUT2D eigenvalue weighted by atomic mass is 9.54. The molecule has 232 valence electrons. The largest absolute Gasteiger partial charge is 0.508 e. The lowest BCUT2D eigenvalue weighted by Gasteiger charge is -2.53. The number of carbonyl (C=O) groups is 4. The molecule has 10 N–H and O–H groups in total. The van der Waals surface area contributed by atoms with Gasteiger partial charge in [-0.25, -0.2) is 0 Å². The van der Waals surface area contributed by atoms with E-state index in [9.17, 15) is 44.7 Å². The van der Waals surface area contributed by atoms with E-state index in [-0.39, 0.29) is 17.7 Å². The number of aliphatic hydroxyl groups excluding tert-OH is 3. The van der Waals surface area contributed by atoms with Crippen molar-refractivity contribution in [3.8, 4) is 5.75 Å². The van der Waals surface area contributed by atoms with E-state index in [2.05, 4.69) is 5.32 Å². The molecule has 0 saturated heterocycles. The molecule has 0 radical (unpaired) electrons. The Balaban J connectivity index is 1.60. The Morgan fingerprint density at radius 3 is 2.30 bits per heavy atom. The zero-order chi connectivity index (χ0) is 32.4. The van der Waals surface area contributed by atoms with Gasteiger partial charge in [0.1, 0.15) is 22.8 Å². The fourth-order valence-electron chi connectivity index (χ4n) is 6.90. The van der Waals surface area contributed by atoms with Crippen molar-refractivity contribution in [3.05, 3.63) is 76.1 Å². The van der Waals surface area contributed by atoms with E-state index in [1.54, 1.807) is 19.1 Å². The number of nitrogens with two attached hydrogens (primary N) is 2. The molecule has 7 atom stereocenters. The van der Waals surface area contributed by atoms with Gasteiger partial charge in [0, 0.05) is 11.5 Å². The van der Waals surface area contributed by atoms with Crippen molar-refractivity contribution in [3.63, 3.8) is 0 Å². The molecule has 2 aromatic carbocycles. The molecule has 0 aliphatic heterocycles. The summed E-state index contributed by atoms with van der Waals surface area (Å²) in [7, 11) is 2.87. The van der Waals surface area contributed by atoms with Gasteiger partial charge in [0.2, 0.25) is 11.7 Å². The number of aromatic hydroxyl groups is 1. The van der Waals surface area contributed by atoms with Gasteiger partial charge in [-0.3, -0.25) is 24.1 Å². The number of carbonyl (C=O) groups excluding carboxylic acids is 4. The van der Waals surface area contributed by atoms with Crippen LogP contribution in [0.3, 0.4) is 0 Å². The number of hydrogen-bond donors (Lipinski definition) is 8. The molecule has 2 aromatic rings. The molecule has 3 aliphatic rings. The highest BCUT2D eigenvalue weighted by atomic mass is 16.4. The zero-order valence-corrected chi connectivity index (χ0v) is 24.2. The van der Waals surface area contributed by atoms with Crippen molar-refractivity contribution in [1.29, 1.82) is 0 Å². The van der Waals surface area contributed by atoms with Crippen molar-refractivity contribution < 1.29 is 44.7 Å². The van der Waals surface area contributed by atoms with Gasteiger partial charge < -0.3 is 42.3 Å². The smallest absolute Gasteiger partial charge is 0.255 e. The first-order chi connectivity index (χ1) is 20.6. The van der Waals surface area contributed by atoms with E-state index in [0.717, 1.165) is 5.56 Å². The number of aliphatic hydroxyl groups is 4. The molecule has 0 bridgehead atoms. The van der Waals surface area contributed by atoms with Gasteiger partial charge in [0.05, 0.1) is 35.4 Å². The van der Waals surface area contributed by atoms with Crippen molar-refractivity contribution in [1.82, 2.24) is 4.90 Å². The third-order valence-electron chi connectivity index (χ3n) is 9.02. The Kier molecular flexibility index (Phi) is 7.62. The summed E-state index contributed by atoms with van der Waals surface area (Å²) in [5.74, 6) is -10.6. The molecule has 13 heteroatoms. The normalized spacial score (nSPS) is 28.8. The molecule has 0 aromatic heterocycles. The SMILES string of the molecule is CC1c2ccc(NC(=O)[C@H](N)Cc3ccccc3)c(O)c2C(O)=C2C(=O)[C@]3(O)C(O)=C(C(N)=O)C(=O)[C@@H](N(C)C)C3C(O)C21. The van der Waals surface area contributed by atoms with E-state index in [0.29, 0.717) is 5.56 Å². The molecular weight excluding hydrogens is 572 g/mol. The number of rotatable bonds is 6. The lowest BCUT2D eigenvalue weighted by molar-refractivity contribution is -0.169. The van der Waals surface area contributed by atoms with E-state index >= 15 is 0 Å². The summed E-state index contributed by atoms with van der Waals surface area (Å²) in [6.45, 7) is 1.62. The van der Waals surface area contributed by atoms with Gasteiger partial charge in [-0.15, -0.1) is 0 Å². The molecule has 1 saturated carbocycles. The molecule has 0 spiro atoms. The summed E-state index contributed by atoms with van der Waals surface area (Å²) in [5.41, 5.74) is 7.63. The van der Waals surface area contributed by atoms with Gasteiger partial charge in [0.25, 0.3) is 5.91 Å². The van der Waals surface area contributed by atoms with Crippen LogP contribution < -0.4 is 16.8 Å². The quantitative estimate of drug-likeness (QED) is 0.161. The molecule has 3 aliphatic carbocycles. The van der Waals surface area contributed by atoms with E-state index < -0.39 is 93.3 Å². The standard InChI is InChI=1S/C31H34N4O9/c1-12-14-9-10-16(34-30(43)15(32)11-13-7-5-4-6-8-13)23(36)18(14)24(37)19-17(12)25(38)21-22(35(2)3)26(39)20(29(33)42)28(41)31(21,44)27(19)40/h4-10,12,15,17,21-22,25,36-38,41,44H,11,32H2,1-3H3,(H2,33,42)(H,34,43)/t12?,15-,17?,21?,22+,25?,31+/m1/s1. The summed E-state index contributed by atoms with van der Waals surface area (Å²) < 4.78 is 0. The number of hydrogen-bond acceptors (Lipinski definition) is 11. The molecule has 13 nitrogen and oxygen atoms in total. The van der Waals surface area contributed by atoms with Crippen LogP contribution in [-0.2, 0) is 25.6 Å². The fraction of sp³-hybridized carbons (Fsp3) is 0.355. The second kappa shape index (κ2) is 10.9. The monoisotopic (exact) mass is 606 g/mol. The Morgan fingerprint density at radius 2 is 1.70 bits per heavy atom. The molecule has 1 fully saturated rings. The second-order valence-corrected chi connectivity index (χ2v) is 11.8. The van der Waals surface area contributed by atoms with Gasteiger partial charge in [-0.05, 0) is 43.6 Å². The minimum atomic E-state index is -3.02. The Morgan fingerprint density at radius 1 is 1.07 bits per heavy atom. The van der Waals surface area contributed by atoms with Crippen molar-refractivity contribution in [2.45, 2.75) is 43.1 Å². The number of benzene rings is 2. The Bertz CT molecular complexity index is 1650. The third-order valence-corrected chi connectivity index (χ3v) is 9.02. The average Bonchev–Trinajstić information content (AvgIpc) is 2.96. The predicted molar refractivity (Wildman–Crippen MR) is 157 cm³/mol. The molecule has 5 rings (SSSR count). The number of anilines is 1. The molecule has 44 heavy (non-hydrogen) atoms.